The van der Waals surface area contributed by atoms with Gasteiger partial charge in [-0.25, -0.2) is 0 Å². The molecule has 148 valence electrons. The highest BCUT2D eigenvalue weighted by Crippen LogP contribution is 2.52. The molecule has 0 amide bonds. The molecule has 2 aliphatic heterocycles. The summed E-state index contributed by atoms with van der Waals surface area (Å²) in [6, 6.07) is 0. The van der Waals surface area contributed by atoms with Gasteiger partial charge >= 0.3 is 0 Å². The minimum Gasteiger partial charge on any atom is -0.490 e. The Bertz CT molecular complexity index is 797. The number of ether oxygens (including phenoxy) is 2. The van der Waals surface area contributed by atoms with E-state index in [0.717, 1.165) is 12.3 Å². The Morgan fingerprint density at radius 2 is 1.93 bits per heavy atom. The van der Waals surface area contributed by atoms with Gasteiger partial charge in [-0.1, -0.05) is 49.0 Å². The number of hydrogen-bond acceptors (Lipinski definition) is 2. The molecule has 3 fully saturated rings. The average Bonchev–Trinajstić information content (AvgIpc) is 3.30. The Morgan fingerprint density at radius 3 is 2.89 bits per heavy atom. The van der Waals surface area contributed by atoms with Crippen molar-refractivity contribution in [1.29, 1.82) is 0 Å². The maximum atomic E-state index is 6.43. The number of fused-ring (bicyclic) bond motifs is 6. The fourth-order valence-electron chi connectivity index (χ4n) is 6.97. The molecule has 2 heteroatoms. The van der Waals surface area contributed by atoms with Crippen molar-refractivity contribution in [3.05, 3.63) is 59.4 Å². The van der Waals surface area contributed by atoms with E-state index in [9.17, 15) is 0 Å². The molecule has 0 spiro atoms. The highest BCUT2D eigenvalue weighted by atomic mass is 16.5. The van der Waals surface area contributed by atoms with Gasteiger partial charge < -0.3 is 9.47 Å². The van der Waals surface area contributed by atoms with Crippen molar-refractivity contribution in [3.63, 3.8) is 0 Å². The zero-order chi connectivity index (χ0) is 18.7. The summed E-state index contributed by atoms with van der Waals surface area (Å²) < 4.78 is 12.7. The van der Waals surface area contributed by atoms with Crippen LogP contribution in [0.4, 0.5) is 0 Å². The topological polar surface area (TPSA) is 18.5 Å². The highest BCUT2D eigenvalue weighted by Gasteiger charge is 2.48. The third kappa shape index (κ3) is 2.64. The molecule has 6 rings (SSSR count). The summed E-state index contributed by atoms with van der Waals surface area (Å²) in [6.07, 6.45) is 26.2. The summed E-state index contributed by atoms with van der Waals surface area (Å²) in [5.74, 6) is 4.53. The summed E-state index contributed by atoms with van der Waals surface area (Å²) in [4.78, 5) is 0. The van der Waals surface area contributed by atoms with Crippen LogP contribution < -0.4 is 0 Å². The minimum atomic E-state index is 0.293. The Kier molecular flexibility index (Phi) is 4.19. The number of hydrogen-bond donors (Lipinski definition) is 0. The van der Waals surface area contributed by atoms with Crippen LogP contribution in [0.25, 0.3) is 0 Å². The second kappa shape index (κ2) is 6.76. The average molecular weight is 377 g/mol. The molecule has 28 heavy (non-hydrogen) atoms. The van der Waals surface area contributed by atoms with E-state index in [2.05, 4.69) is 49.5 Å². The summed E-state index contributed by atoms with van der Waals surface area (Å²) >= 11 is 0. The van der Waals surface area contributed by atoms with Crippen molar-refractivity contribution in [2.45, 2.75) is 70.2 Å². The molecule has 6 aliphatic rings. The van der Waals surface area contributed by atoms with E-state index >= 15 is 0 Å². The van der Waals surface area contributed by atoms with Gasteiger partial charge in [0.25, 0.3) is 0 Å². The minimum absolute atomic E-state index is 0.293. The van der Waals surface area contributed by atoms with E-state index in [1.807, 2.05) is 0 Å². The largest absolute Gasteiger partial charge is 0.490 e. The zero-order valence-electron chi connectivity index (χ0n) is 16.9. The van der Waals surface area contributed by atoms with E-state index < -0.39 is 0 Å². The second-order valence-corrected chi connectivity index (χ2v) is 9.74. The van der Waals surface area contributed by atoms with Gasteiger partial charge in [-0.15, -0.1) is 0 Å². The van der Waals surface area contributed by atoms with E-state index in [1.54, 1.807) is 5.57 Å². The summed E-state index contributed by atoms with van der Waals surface area (Å²) in [5, 5.41) is 0. The van der Waals surface area contributed by atoms with Crippen molar-refractivity contribution in [1.82, 2.24) is 0 Å². The van der Waals surface area contributed by atoms with Gasteiger partial charge in [0.1, 0.15) is 11.9 Å². The fraction of sp³-hybridized carbons (Fsp3) is 0.615. The lowest BCUT2D eigenvalue weighted by atomic mass is 9.65. The first kappa shape index (κ1) is 17.3. The van der Waals surface area contributed by atoms with Crippen LogP contribution in [0.15, 0.2) is 59.4 Å². The predicted octanol–water partition coefficient (Wildman–Crippen LogP) is 5.89. The summed E-state index contributed by atoms with van der Waals surface area (Å²) in [7, 11) is 0. The zero-order valence-corrected chi connectivity index (χ0v) is 16.9. The normalized spacial score (nSPS) is 44.3. The van der Waals surface area contributed by atoms with E-state index in [0.29, 0.717) is 42.0 Å². The van der Waals surface area contributed by atoms with E-state index in [1.165, 1.54) is 49.9 Å². The van der Waals surface area contributed by atoms with Crippen LogP contribution in [0.3, 0.4) is 0 Å². The van der Waals surface area contributed by atoms with Crippen molar-refractivity contribution in [3.8, 4) is 0 Å². The maximum absolute atomic E-state index is 6.43. The molecule has 2 saturated heterocycles. The second-order valence-electron chi connectivity index (χ2n) is 9.74. The monoisotopic (exact) mass is 376 g/mol. The van der Waals surface area contributed by atoms with Gasteiger partial charge in [-0.2, -0.15) is 0 Å². The lowest BCUT2D eigenvalue weighted by Crippen LogP contribution is -2.34. The molecule has 2 heterocycles. The molecule has 8 unspecified atom stereocenters. The fourth-order valence-corrected chi connectivity index (χ4v) is 6.97. The quantitative estimate of drug-likeness (QED) is 0.560. The SMILES string of the molecule is CC(C1=CC=CC2OC3C=CCCC3C12)C1CCC2OC3=CCCC=C3C2C1. The lowest BCUT2D eigenvalue weighted by Gasteiger charge is -2.39. The Morgan fingerprint density at radius 1 is 1.00 bits per heavy atom. The first-order valence-electron chi connectivity index (χ1n) is 11.6. The van der Waals surface area contributed by atoms with Crippen LogP contribution in [0.1, 0.15) is 51.9 Å². The molecule has 8 atom stereocenters. The van der Waals surface area contributed by atoms with Gasteiger partial charge in [0.2, 0.25) is 0 Å². The molecule has 0 bridgehead atoms. The maximum Gasteiger partial charge on any atom is 0.119 e. The number of rotatable bonds is 2. The summed E-state index contributed by atoms with van der Waals surface area (Å²) in [5.41, 5.74) is 3.20. The van der Waals surface area contributed by atoms with Gasteiger partial charge in [0.05, 0.1) is 12.2 Å². The number of allylic oxidation sites excluding steroid dienone is 6. The smallest absolute Gasteiger partial charge is 0.119 e. The third-order valence-corrected chi connectivity index (χ3v) is 8.40. The van der Waals surface area contributed by atoms with Crippen molar-refractivity contribution >= 4 is 0 Å². The molecular weight excluding hydrogens is 344 g/mol. The molecule has 0 aromatic heterocycles. The van der Waals surface area contributed by atoms with Crippen LogP contribution in [-0.4, -0.2) is 18.3 Å². The highest BCUT2D eigenvalue weighted by molar-refractivity contribution is 5.37. The molecule has 2 nitrogen and oxygen atoms in total. The molecule has 0 aromatic carbocycles. The molecule has 1 saturated carbocycles. The van der Waals surface area contributed by atoms with Crippen molar-refractivity contribution in [2.24, 2.45) is 29.6 Å². The third-order valence-electron chi connectivity index (χ3n) is 8.40. The first-order valence-corrected chi connectivity index (χ1v) is 11.6. The van der Waals surface area contributed by atoms with Crippen LogP contribution in [0.2, 0.25) is 0 Å². The van der Waals surface area contributed by atoms with E-state index in [4.69, 9.17) is 9.47 Å². The van der Waals surface area contributed by atoms with Gasteiger partial charge in [0, 0.05) is 11.8 Å². The molecule has 0 aromatic rings. The van der Waals surface area contributed by atoms with Crippen LogP contribution in [0.5, 0.6) is 0 Å². The van der Waals surface area contributed by atoms with Gasteiger partial charge in [-0.05, 0) is 74.3 Å². The van der Waals surface area contributed by atoms with Crippen LogP contribution >= 0.6 is 0 Å². The Labute approximate surface area is 169 Å². The molecule has 4 aliphatic carbocycles. The standard InChI is InChI=1S/C26H32O2/c1-16(17-13-14-24-21(15-17)19-7-2-4-10-22(19)27-24)18-9-6-12-25-26(18)20-8-3-5-11-23(20)28-25/h5-7,9-12,16-17,20-21,23-26H,2-4,8,13-15H2,1H3. The first-order chi connectivity index (χ1) is 13.8. The predicted molar refractivity (Wildman–Crippen MR) is 112 cm³/mol. The van der Waals surface area contributed by atoms with Crippen LogP contribution in [-0.2, 0) is 9.47 Å². The van der Waals surface area contributed by atoms with Gasteiger partial charge in [-0.3, -0.25) is 0 Å². The van der Waals surface area contributed by atoms with Crippen molar-refractivity contribution in [2.75, 3.05) is 0 Å². The molecular formula is C26H32O2. The Hall–Kier alpha value is -1.54. The van der Waals surface area contributed by atoms with E-state index in [-0.39, 0.29) is 0 Å². The van der Waals surface area contributed by atoms with Gasteiger partial charge in [0.15, 0.2) is 0 Å². The molecule has 0 N–H and O–H groups in total. The van der Waals surface area contributed by atoms with Crippen molar-refractivity contribution < 1.29 is 9.47 Å². The van der Waals surface area contributed by atoms with Crippen LogP contribution in [0, 0.1) is 29.6 Å². The lowest BCUT2D eigenvalue weighted by molar-refractivity contribution is 0.0669. The Balaban J connectivity index is 1.24. The summed E-state index contributed by atoms with van der Waals surface area (Å²) in [6.45, 7) is 2.50. The molecule has 0 radical (unpaired) electrons.